The van der Waals surface area contributed by atoms with E-state index in [2.05, 4.69) is 33.0 Å². The highest BCUT2D eigenvalue weighted by atomic mass is 14.9. The van der Waals surface area contributed by atoms with Crippen molar-refractivity contribution >= 4 is 0 Å². The van der Waals surface area contributed by atoms with Crippen molar-refractivity contribution in [2.75, 3.05) is 6.54 Å². The Hall–Kier alpha value is -0.0400. The Balaban J connectivity index is 2.11. The molecule has 0 heterocycles. The summed E-state index contributed by atoms with van der Waals surface area (Å²) in [5, 5.41) is 3.73. The Morgan fingerprint density at radius 1 is 1.29 bits per heavy atom. The Bertz CT molecular complexity index is 155. The molecule has 0 aromatic heterocycles. The zero-order chi connectivity index (χ0) is 10.6. The van der Waals surface area contributed by atoms with E-state index in [0.717, 1.165) is 23.8 Å². The fourth-order valence-electron chi connectivity index (χ4n) is 2.05. The van der Waals surface area contributed by atoms with Crippen molar-refractivity contribution in [3.05, 3.63) is 0 Å². The fraction of sp³-hybridized carbons (Fsp3) is 1.00. The molecular formula is C13H27N. The van der Waals surface area contributed by atoms with Gasteiger partial charge in [0.2, 0.25) is 0 Å². The molecule has 1 aliphatic carbocycles. The first-order chi connectivity index (χ1) is 6.67. The molecule has 1 N–H and O–H groups in total. The van der Waals surface area contributed by atoms with E-state index in [0.29, 0.717) is 0 Å². The van der Waals surface area contributed by atoms with Crippen molar-refractivity contribution in [2.24, 2.45) is 17.8 Å². The topological polar surface area (TPSA) is 12.0 Å². The van der Waals surface area contributed by atoms with Crippen LogP contribution in [-0.2, 0) is 0 Å². The van der Waals surface area contributed by atoms with Crippen LogP contribution in [-0.4, -0.2) is 12.6 Å². The Labute approximate surface area is 89.7 Å². The van der Waals surface area contributed by atoms with E-state index < -0.39 is 0 Å². The predicted molar refractivity (Wildman–Crippen MR) is 63.4 cm³/mol. The molecule has 1 aliphatic rings. The van der Waals surface area contributed by atoms with Gasteiger partial charge in [0.1, 0.15) is 0 Å². The molecule has 0 spiro atoms. The molecule has 84 valence electrons. The van der Waals surface area contributed by atoms with Gasteiger partial charge in [0.15, 0.2) is 0 Å². The number of rotatable bonds is 7. The summed E-state index contributed by atoms with van der Waals surface area (Å²) in [6, 6.07) is 0.762. The predicted octanol–water partition coefficient (Wildman–Crippen LogP) is 3.45. The molecule has 4 unspecified atom stereocenters. The zero-order valence-corrected chi connectivity index (χ0v) is 10.3. The lowest BCUT2D eigenvalue weighted by Crippen LogP contribution is -2.32. The maximum Gasteiger partial charge on any atom is 0.00670 e. The third kappa shape index (κ3) is 4.00. The maximum atomic E-state index is 3.73. The van der Waals surface area contributed by atoms with E-state index in [1.54, 1.807) is 0 Å². The normalized spacial score (nSPS) is 30.0. The molecule has 0 radical (unpaired) electrons. The number of hydrogen-bond donors (Lipinski definition) is 1. The minimum Gasteiger partial charge on any atom is -0.314 e. The minimum atomic E-state index is 0.762. The van der Waals surface area contributed by atoms with Gasteiger partial charge < -0.3 is 5.32 Å². The average Bonchev–Trinajstić information content (AvgIpc) is 2.88. The molecule has 0 amide bonds. The summed E-state index contributed by atoms with van der Waals surface area (Å²) in [6.07, 6.45) is 5.41. The van der Waals surface area contributed by atoms with Gasteiger partial charge in [-0.1, -0.05) is 34.1 Å². The lowest BCUT2D eigenvalue weighted by Gasteiger charge is -2.20. The second-order valence-corrected chi connectivity index (χ2v) is 5.24. The summed E-state index contributed by atoms with van der Waals surface area (Å²) in [5.74, 6) is 2.86. The Kier molecular flexibility index (Phi) is 4.94. The summed E-state index contributed by atoms with van der Waals surface area (Å²) in [5.41, 5.74) is 0. The molecule has 0 saturated heterocycles. The van der Waals surface area contributed by atoms with Crippen molar-refractivity contribution in [3.8, 4) is 0 Å². The van der Waals surface area contributed by atoms with Crippen LogP contribution in [0.4, 0.5) is 0 Å². The Morgan fingerprint density at radius 2 is 1.93 bits per heavy atom. The lowest BCUT2D eigenvalue weighted by atomic mass is 9.98. The van der Waals surface area contributed by atoms with Gasteiger partial charge in [-0.3, -0.25) is 0 Å². The van der Waals surface area contributed by atoms with Crippen LogP contribution >= 0.6 is 0 Å². The maximum absolute atomic E-state index is 3.73. The summed E-state index contributed by atoms with van der Waals surface area (Å²) in [6.45, 7) is 10.6. The summed E-state index contributed by atoms with van der Waals surface area (Å²) >= 11 is 0. The molecule has 1 saturated carbocycles. The molecule has 4 atom stereocenters. The van der Waals surface area contributed by atoms with Gasteiger partial charge >= 0.3 is 0 Å². The van der Waals surface area contributed by atoms with Crippen LogP contribution in [0.25, 0.3) is 0 Å². The number of nitrogens with one attached hydrogen (secondary N) is 1. The van der Waals surface area contributed by atoms with Gasteiger partial charge in [0.05, 0.1) is 0 Å². The van der Waals surface area contributed by atoms with Crippen LogP contribution < -0.4 is 5.32 Å². The second kappa shape index (κ2) is 5.75. The van der Waals surface area contributed by atoms with E-state index in [1.807, 2.05) is 0 Å². The van der Waals surface area contributed by atoms with Crippen molar-refractivity contribution in [1.29, 1.82) is 0 Å². The zero-order valence-electron chi connectivity index (χ0n) is 10.3. The molecule has 1 nitrogen and oxygen atoms in total. The fourth-order valence-corrected chi connectivity index (χ4v) is 2.05. The third-order valence-electron chi connectivity index (χ3n) is 3.82. The van der Waals surface area contributed by atoms with Crippen LogP contribution in [0.5, 0.6) is 0 Å². The second-order valence-electron chi connectivity index (χ2n) is 5.24. The van der Waals surface area contributed by atoms with Gasteiger partial charge in [-0.2, -0.15) is 0 Å². The lowest BCUT2D eigenvalue weighted by molar-refractivity contribution is 0.378. The molecule has 0 aromatic carbocycles. The van der Waals surface area contributed by atoms with Crippen LogP contribution in [0.2, 0.25) is 0 Å². The van der Waals surface area contributed by atoms with Gasteiger partial charge in [0.25, 0.3) is 0 Å². The molecule has 1 fully saturated rings. The monoisotopic (exact) mass is 197 g/mol. The average molecular weight is 197 g/mol. The molecule has 1 heteroatoms. The minimum absolute atomic E-state index is 0.762. The smallest absolute Gasteiger partial charge is 0.00670 e. The molecule has 0 aliphatic heterocycles. The van der Waals surface area contributed by atoms with Crippen molar-refractivity contribution in [2.45, 2.75) is 59.4 Å². The van der Waals surface area contributed by atoms with E-state index in [4.69, 9.17) is 0 Å². The standard InChI is InChI=1S/C13H27N/c1-5-10(3)7-13(6-2)14-9-12-8-11(12)4/h10-14H,5-9H2,1-4H3. The highest BCUT2D eigenvalue weighted by molar-refractivity contribution is 4.85. The summed E-state index contributed by atoms with van der Waals surface area (Å²) < 4.78 is 0. The van der Waals surface area contributed by atoms with E-state index in [1.165, 1.54) is 32.2 Å². The molecule has 0 aromatic rings. The molecule has 0 bridgehead atoms. The highest BCUT2D eigenvalue weighted by Gasteiger charge is 2.32. The van der Waals surface area contributed by atoms with Crippen LogP contribution in [0, 0.1) is 17.8 Å². The van der Waals surface area contributed by atoms with Gasteiger partial charge in [-0.15, -0.1) is 0 Å². The Morgan fingerprint density at radius 3 is 2.36 bits per heavy atom. The first-order valence-electron chi connectivity index (χ1n) is 6.40. The van der Waals surface area contributed by atoms with Crippen LogP contribution in [0.1, 0.15) is 53.4 Å². The van der Waals surface area contributed by atoms with Crippen LogP contribution in [0.3, 0.4) is 0 Å². The largest absolute Gasteiger partial charge is 0.314 e. The van der Waals surface area contributed by atoms with Crippen molar-refractivity contribution in [1.82, 2.24) is 5.32 Å². The molecule has 1 rings (SSSR count). The highest BCUT2D eigenvalue weighted by Crippen LogP contribution is 2.36. The van der Waals surface area contributed by atoms with E-state index >= 15 is 0 Å². The van der Waals surface area contributed by atoms with Crippen molar-refractivity contribution in [3.63, 3.8) is 0 Å². The molecular weight excluding hydrogens is 170 g/mol. The van der Waals surface area contributed by atoms with Crippen molar-refractivity contribution < 1.29 is 0 Å². The first-order valence-corrected chi connectivity index (χ1v) is 6.40. The first kappa shape index (κ1) is 12.0. The van der Waals surface area contributed by atoms with E-state index in [9.17, 15) is 0 Å². The summed E-state index contributed by atoms with van der Waals surface area (Å²) in [7, 11) is 0. The molecule has 14 heavy (non-hydrogen) atoms. The SMILES string of the molecule is CCC(C)CC(CC)NCC1CC1C. The van der Waals surface area contributed by atoms with Gasteiger partial charge in [-0.05, 0) is 43.6 Å². The van der Waals surface area contributed by atoms with E-state index in [-0.39, 0.29) is 0 Å². The van der Waals surface area contributed by atoms with Gasteiger partial charge in [-0.25, -0.2) is 0 Å². The third-order valence-corrected chi connectivity index (χ3v) is 3.82. The quantitative estimate of drug-likeness (QED) is 0.659. The van der Waals surface area contributed by atoms with Gasteiger partial charge in [0, 0.05) is 6.04 Å². The summed E-state index contributed by atoms with van der Waals surface area (Å²) in [4.78, 5) is 0. The van der Waals surface area contributed by atoms with Crippen LogP contribution in [0.15, 0.2) is 0 Å². The number of hydrogen-bond acceptors (Lipinski definition) is 1.